The van der Waals surface area contributed by atoms with Gasteiger partial charge < -0.3 is 5.32 Å². The number of nitrogens with one attached hydrogen (secondary N) is 1. The fourth-order valence-corrected chi connectivity index (χ4v) is 2.20. The Balaban J connectivity index is 0.00000254. The Hall–Kier alpha value is -2.35. The Morgan fingerprint density at radius 1 is 1.04 bits per heavy atom. The molecule has 0 aliphatic rings. The van der Waals surface area contributed by atoms with Crippen molar-refractivity contribution in [1.29, 1.82) is 0 Å². The maximum Gasteiger partial charge on any atom is 0.0744 e. The third-order valence-corrected chi connectivity index (χ3v) is 3.41. The summed E-state index contributed by atoms with van der Waals surface area (Å²) in [6.45, 7) is 23.9. The van der Waals surface area contributed by atoms with E-state index in [0.29, 0.717) is 0 Å². The molecule has 0 atom stereocenters. The van der Waals surface area contributed by atoms with E-state index in [1.165, 1.54) is 5.57 Å². The second-order valence-corrected chi connectivity index (χ2v) is 5.44. The summed E-state index contributed by atoms with van der Waals surface area (Å²) in [6, 6.07) is 10.2. The van der Waals surface area contributed by atoms with Crippen LogP contribution in [0.4, 0.5) is 0 Å². The van der Waals surface area contributed by atoms with Gasteiger partial charge in [-0.15, -0.1) is 0 Å². The number of benzene rings is 1. The van der Waals surface area contributed by atoms with Gasteiger partial charge in [-0.05, 0) is 50.6 Å². The molecular weight excluding hydrogens is 292 g/mol. The van der Waals surface area contributed by atoms with E-state index in [-0.39, 0.29) is 0 Å². The predicted octanol–water partition coefficient (Wildman–Crippen LogP) is 6.51. The van der Waals surface area contributed by atoms with Crippen LogP contribution in [0.2, 0.25) is 0 Å². The van der Waals surface area contributed by atoms with Crippen molar-refractivity contribution in [3.05, 3.63) is 77.3 Å². The minimum atomic E-state index is 0.808. The molecule has 24 heavy (non-hydrogen) atoms. The lowest BCUT2D eigenvalue weighted by Crippen LogP contribution is -2.15. The average molecular weight is 325 g/mol. The standard InChI is InChI=1S/C20H26N2.C2H6/c1-8-16(6)20(22-15(4)5)18(19(21-7)14(2)3)17-12-10-9-11-13-17;1-2/h9-13,22H,2,4,7-8H2,1,3,5-6H3;1-2H3/b19-18-,20-16+;. The summed E-state index contributed by atoms with van der Waals surface area (Å²) in [5, 5.41) is 3.40. The molecule has 0 fully saturated rings. The first-order valence-electron chi connectivity index (χ1n) is 8.47. The van der Waals surface area contributed by atoms with E-state index < -0.39 is 0 Å². The van der Waals surface area contributed by atoms with Gasteiger partial charge in [0, 0.05) is 17.0 Å². The van der Waals surface area contributed by atoms with Crippen LogP contribution in [0.5, 0.6) is 0 Å². The summed E-state index contributed by atoms with van der Waals surface area (Å²) in [5.74, 6) is 0. The Bertz CT molecular complexity index is 631. The number of hydrogen-bond acceptors (Lipinski definition) is 2. The third kappa shape index (κ3) is 6.04. The molecule has 0 aromatic heterocycles. The van der Waals surface area contributed by atoms with Crippen LogP contribution in [-0.2, 0) is 0 Å². The van der Waals surface area contributed by atoms with E-state index in [9.17, 15) is 0 Å². The van der Waals surface area contributed by atoms with Crippen molar-refractivity contribution in [2.75, 3.05) is 0 Å². The fraction of sp³-hybridized carbons (Fsp3) is 0.318. The van der Waals surface area contributed by atoms with Gasteiger partial charge >= 0.3 is 0 Å². The highest BCUT2D eigenvalue weighted by Crippen LogP contribution is 2.32. The van der Waals surface area contributed by atoms with E-state index in [0.717, 1.165) is 40.2 Å². The minimum absolute atomic E-state index is 0.808. The first-order valence-corrected chi connectivity index (χ1v) is 8.47. The van der Waals surface area contributed by atoms with Crippen molar-refractivity contribution in [3.8, 4) is 0 Å². The van der Waals surface area contributed by atoms with Gasteiger partial charge in [0.25, 0.3) is 0 Å². The van der Waals surface area contributed by atoms with Crippen LogP contribution in [0.1, 0.15) is 53.5 Å². The second-order valence-electron chi connectivity index (χ2n) is 5.44. The topological polar surface area (TPSA) is 24.4 Å². The number of rotatable bonds is 7. The highest BCUT2D eigenvalue weighted by Gasteiger charge is 2.16. The van der Waals surface area contributed by atoms with Crippen LogP contribution >= 0.6 is 0 Å². The van der Waals surface area contributed by atoms with Crippen LogP contribution in [0.15, 0.2) is 76.7 Å². The molecule has 0 heterocycles. The van der Waals surface area contributed by atoms with Crippen LogP contribution < -0.4 is 5.32 Å². The molecule has 0 spiro atoms. The Labute approximate surface area is 148 Å². The summed E-state index contributed by atoms with van der Waals surface area (Å²) in [5.41, 5.74) is 6.97. The molecule has 0 saturated heterocycles. The SMILES string of the molecule is C=N/C(C(=C)C)=C(\C(NC(=C)C)=C(\C)CC)c1ccccc1.CC. The van der Waals surface area contributed by atoms with E-state index in [4.69, 9.17) is 0 Å². The zero-order valence-corrected chi connectivity index (χ0v) is 16.2. The maximum atomic E-state index is 4.24. The summed E-state index contributed by atoms with van der Waals surface area (Å²) in [7, 11) is 0. The third-order valence-electron chi connectivity index (χ3n) is 3.41. The molecular formula is C22H32N2. The van der Waals surface area contributed by atoms with Gasteiger partial charge in [0.2, 0.25) is 0 Å². The van der Waals surface area contributed by atoms with Crippen LogP contribution in [0.25, 0.3) is 5.57 Å². The summed E-state index contributed by atoms with van der Waals surface area (Å²) in [4.78, 5) is 4.24. The maximum absolute atomic E-state index is 4.24. The Kier molecular flexibility index (Phi) is 10.1. The number of aliphatic imine (C=N–C) groups is 1. The lowest BCUT2D eigenvalue weighted by molar-refractivity contribution is 0.949. The molecule has 2 nitrogen and oxygen atoms in total. The molecule has 1 N–H and O–H groups in total. The van der Waals surface area contributed by atoms with Gasteiger partial charge in [-0.3, -0.25) is 4.99 Å². The molecule has 1 rings (SSSR count). The first kappa shape index (κ1) is 21.7. The number of hydrogen-bond donors (Lipinski definition) is 1. The lowest BCUT2D eigenvalue weighted by atomic mass is 9.94. The molecule has 0 radical (unpaired) electrons. The zero-order valence-electron chi connectivity index (χ0n) is 16.2. The lowest BCUT2D eigenvalue weighted by Gasteiger charge is -2.20. The van der Waals surface area contributed by atoms with E-state index in [2.05, 4.69) is 56.2 Å². The van der Waals surface area contributed by atoms with Gasteiger partial charge in [0.1, 0.15) is 0 Å². The van der Waals surface area contributed by atoms with Gasteiger partial charge in [0.05, 0.1) is 5.70 Å². The molecule has 0 amide bonds. The van der Waals surface area contributed by atoms with Gasteiger partial charge in [-0.2, -0.15) is 0 Å². The van der Waals surface area contributed by atoms with Crippen LogP contribution in [-0.4, -0.2) is 6.72 Å². The summed E-state index contributed by atoms with van der Waals surface area (Å²) in [6.07, 6.45) is 0.937. The summed E-state index contributed by atoms with van der Waals surface area (Å²) < 4.78 is 0. The summed E-state index contributed by atoms with van der Waals surface area (Å²) >= 11 is 0. The number of nitrogens with zero attached hydrogens (tertiary/aromatic N) is 1. The molecule has 0 unspecified atom stereocenters. The zero-order chi connectivity index (χ0) is 18.7. The molecule has 1 aromatic rings. The smallest absolute Gasteiger partial charge is 0.0744 e. The Morgan fingerprint density at radius 2 is 1.58 bits per heavy atom. The van der Waals surface area contributed by atoms with Gasteiger partial charge in [-0.25, -0.2) is 0 Å². The second kappa shape index (κ2) is 11.2. The van der Waals surface area contributed by atoms with Gasteiger partial charge in [0.15, 0.2) is 0 Å². The van der Waals surface area contributed by atoms with E-state index in [1.807, 2.05) is 45.9 Å². The van der Waals surface area contributed by atoms with Crippen molar-refractivity contribution in [3.63, 3.8) is 0 Å². The Morgan fingerprint density at radius 3 is 1.96 bits per heavy atom. The molecule has 0 aliphatic heterocycles. The van der Waals surface area contributed by atoms with Crippen LogP contribution in [0.3, 0.4) is 0 Å². The monoisotopic (exact) mass is 324 g/mol. The van der Waals surface area contributed by atoms with E-state index in [1.54, 1.807) is 0 Å². The van der Waals surface area contributed by atoms with Crippen molar-refractivity contribution < 1.29 is 0 Å². The largest absolute Gasteiger partial charge is 0.359 e. The first-order chi connectivity index (χ1) is 11.4. The predicted molar refractivity (Wildman–Crippen MR) is 110 cm³/mol. The average Bonchev–Trinajstić information content (AvgIpc) is 2.59. The van der Waals surface area contributed by atoms with E-state index >= 15 is 0 Å². The van der Waals surface area contributed by atoms with Crippen molar-refractivity contribution in [1.82, 2.24) is 5.32 Å². The van der Waals surface area contributed by atoms with Crippen molar-refractivity contribution in [2.45, 2.75) is 48.0 Å². The molecule has 0 bridgehead atoms. The number of allylic oxidation sites excluding steroid dienone is 4. The van der Waals surface area contributed by atoms with Crippen molar-refractivity contribution in [2.24, 2.45) is 4.99 Å². The molecule has 0 aliphatic carbocycles. The highest BCUT2D eigenvalue weighted by atomic mass is 14.9. The quantitative estimate of drug-likeness (QED) is 0.449. The van der Waals surface area contributed by atoms with Crippen molar-refractivity contribution >= 4 is 12.3 Å². The molecule has 1 aromatic carbocycles. The normalized spacial score (nSPS) is 12.1. The van der Waals surface area contributed by atoms with Crippen LogP contribution in [0, 0.1) is 0 Å². The molecule has 0 saturated carbocycles. The van der Waals surface area contributed by atoms with Gasteiger partial charge in [-0.1, -0.05) is 64.3 Å². The minimum Gasteiger partial charge on any atom is -0.359 e. The fourth-order valence-electron chi connectivity index (χ4n) is 2.20. The molecule has 130 valence electrons. The molecule has 2 heteroatoms. The highest BCUT2D eigenvalue weighted by molar-refractivity contribution is 5.84.